The molecule has 0 spiro atoms. The molecular weight excluding hydrogens is 655 g/mol. The van der Waals surface area contributed by atoms with Crippen molar-refractivity contribution in [1.82, 2.24) is 0 Å². The van der Waals surface area contributed by atoms with Gasteiger partial charge in [-0.05, 0) is 147 Å². The maximum Gasteiger partial charge on any atom is 0.136 e. The van der Waals surface area contributed by atoms with Crippen LogP contribution in [0.2, 0.25) is 0 Å². The molecule has 2 heteroatoms. The molecule has 0 amide bonds. The maximum absolute atomic E-state index is 6.45. The minimum atomic E-state index is 0.888. The smallest absolute Gasteiger partial charge is 0.136 e. The number of hydrogen-bond acceptors (Lipinski definition) is 2. The summed E-state index contributed by atoms with van der Waals surface area (Å²) in [4.78, 5) is 2.42. The van der Waals surface area contributed by atoms with Crippen LogP contribution in [0.25, 0.3) is 88.0 Å². The lowest BCUT2D eigenvalue weighted by Gasteiger charge is -2.29. The Labute approximate surface area is 314 Å². The molecule has 0 radical (unpaired) electrons. The topological polar surface area (TPSA) is 16.4 Å². The third kappa shape index (κ3) is 4.81. The van der Waals surface area contributed by atoms with Crippen LogP contribution in [0.15, 0.2) is 180 Å². The first-order valence-corrected chi connectivity index (χ1v) is 18.7. The van der Waals surface area contributed by atoms with Gasteiger partial charge < -0.3 is 9.32 Å². The minimum absolute atomic E-state index is 0.888. The second-order valence-corrected chi connectivity index (χ2v) is 14.7. The molecule has 0 fully saturated rings. The Bertz CT molecular complexity index is 3100. The SMILES string of the molecule is Cc1ccc(-c2c(N(c3ccc(C)cc3)c3ccc4cc5c(cc4c3)-c3cc4cc(-c6ccccc6)ccc4cc3-5)ccc3oc4ccccc4c23)cc1. The van der Waals surface area contributed by atoms with Crippen LogP contribution in [0.4, 0.5) is 17.1 Å². The van der Waals surface area contributed by atoms with E-state index >= 15 is 0 Å². The number of rotatable bonds is 5. The molecule has 0 saturated carbocycles. The normalized spacial score (nSPS) is 11.9. The van der Waals surface area contributed by atoms with Crippen LogP contribution in [0.5, 0.6) is 0 Å². The molecule has 1 aliphatic rings. The number of benzene rings is 9. The Morgan fingerprint density at radius 2 is 0.963 bits per heavy atom. The van der Waals surface area contributed by atoms with Crippen molar-refractivity contribution in [3.63, 3.8) is 0 Å². The molecule has 0 unspecified atom stereocenters. The Morgan fingerprint density at radius 3 is 1.69 bits per heavy atom. The second kappa shape index (κ2) is 11.8. The third-order valence-electron chi connectivity index (χ3n) is 11.3. The van der Waals surface area contributed by atoms with Crippen LogP contribution in [-0.2, 0) is 0 Å². The summed E-state index contributed by atoms with van der Waals surface area (Å²) in [5, 5.41) is 7.25. The van der Waals surface area contributed by atoms with Crippen molar-refractivity contribution >= 4 is 60.5 Å². The van der Waals surface area contributed by atoms with Gasteiger partial charge in [0.15, 0.2) is 0 Å². The zero-order chi connectivity index (χ0) is 35.9. The highest BCUT2D eigenvalue weighted by Gasteiger charge is 2.26. The molecule has 0 N–H and O–H groups in total. The summed E-state index contributed by atoms with van der Waals surface area (Å²) in [6.45, 7) is 4.29. The quantitative estimate of drug-likeness (QED) is 0.179. The highest BCUT2D eigenvalue weighted by Crippen LogP contribution is 2.52. The van der Waals surface area contributed by atoms with Crippen LogP contribution in [0.1, 0.15) is 11.1 Å². The lowest BCUT2D eigenvalue weighted by Crippen LogP contribution is -2.11. The van der Waals surface area contributed by atoms with E-state index in [1.54, 1.807) is 0 Å². The minimum Gasteiger partial charge on any atom is -0.456 e. The van der Waals surface area contributed by atoms with E-state index in [0.717, 1.165) is 50.1 Å². The van der Waals surface area contributed by atoms with Crippen LogP contribution < -0.4 is 4.90 Å². The van der Waals surface area contributed by atoms with Crippen molar-refractivity contribution in [1.29, 1.82) is 0 Å². The van der Waals surface area contributed by atoms with Crippen molar-refractivity contribution < 1.29 is 4.42 Å². The Balaban J connectivity index is 1.09. The molecule has 1 heterocycles. The third-order valence-corrected chi connectivity index (χ3v) is 11.3. The zero-order valence-electron chi connectivity index (χ0n) is 30.1. The monoisotopic (exact) mass is 689 g/mol. The summed E-state index contributed by atoms with van der Waals surface area (Å²) in [6, 6.07) is 64.4. The van der Waals surface area contributed by atoms with Crippen LogP contribution in [0.3, 0.4) is 0 Å². The zero-order valence-corrected chi connectivity index (χ0v) is 30.1. The fraction of sp³-hybridized carbons (Fsp3) is 0.0385. The van der Waals surface area contributed by atoms with Crippen molar-refractivity contribution in [3.8, 4) is 44.5 Å². The molecule has 54 heavy (non-hydrogen) atoms. The van der Waals surface area contributed by atoms with E-state index in [0.29, 0.717) is 0 Å². The Morgan fingerprint density at radius 1 is 0.389 bits per heavy atom. The van der Waals surface area contributed by atoms with E-state index < -0.39 is 0 Å². The molecule has 10 aromatic rings. The number of anilines is 3. The standard InChI is InChI=1S/C52H35NO/c1-32-12-16-35(17-13-32)51-48(24-25-50-52(51)43-10-6-7-11-49(43)54-50)53(41-21-14-33(2)15-22-41)42-23-20-38-29-45-44-28-37-19-18-36(34-8-4-3-5-9-34)26-39(37)30-46(44)47(45)31-40(38)27-42/h3-31H,1-2H3. The van der Waals surface area contributed by atoms with Crippen LogP contribution in [0, 0.1) is 13.8 Å². The highest BCUT2D eigenvalue weighted by molar-refractivity contribution is 6.17. The van der Waals surface area contributed by atoms with E-state index in [2.05, 4.69) is 189 Å². The van der Waals surface area contributed by atoms with E-state index in [4.69, 9.17) is 4.42 Å². The summed E-state index contributed by atoms with van der Waals surface area (Å²) >= 11 is 0. The molecule has 1 aromatic heterocycles. The van der Waals surface area contributed by atoms with Crippen molar-refractivity contribution in [2.24, 2.45) is 0 Å². The summed E-state index contributed by atoms with van der Waals surface area (Å²) < 4.78 is 6.45. The molecular formula is C52H35NO. The van der Waals surface area contributed by atoms with Crippen LogP contribution >= 0.6 is 0 Å². The number of para-hydroxylation sites is 1. The van der Waals surface area contributed by atoms with E-state index in [-0.39, 0.29) is 0 Å². The van der Waals surface area contributed by atoms with Crippen molar-refractivity contribution in [2.75, 3.05) is 4.90 Å². The first-order valence-electron chi connectivity index (χ1n) is 18.7. The fourth-order valence-electron chi connectivity index (χ4n) is 8.49. The lowest BCUT2D eigenvalue weighted by atomic mass is 9.77. The van der Waals surface area contributed by atoms with Crippen molar-refractivity contribution in [3.05, 3.63) is 187 Å². The van der Waals surface area contributed by atoms with Gasteiger partial charge in [-0.1, -0.05) is 114 Å². The number of nitrogens with zero attached hydrogens (tertiary/aromatic N) is 1. The van der Waals surface area contributed by atoms with Gasteiger partial charge in [0.05, 0.1) is 5.69 Å². The number of hydrogen-bond donors (Lipinski definition) is 0. The number of fused-ring (bicyclic) bond motifs is 9. The molecule has 1 aliphatic carbocycles. The average Bonchev–Trinajstić information content (AvgIpc) is 3.60. The Kier molecular flexibility index (Phi) is 6.72. The first-order chi connectivity index (χ1) is 26.6. The van der Waals surface area contributed by atoms with Gasteiger partial charge in [0.2, 0.25) is 0 Å². The largest absolute Gasteiger partial charge is 0.456 e. The van der Waals surface area contributed by atoms with E-state index in [1.807, 2.05) is 6.07 Å². The molecule has 0 bridgehead atoms. The predicted octanol–water partition coefficient (Wildman–Crippen LogP) is 15.0. The maximum atomic E-state index is 6.45. The van der Waals surface area contributed by atoms with Crippen molar-refractivity contribution in [2.45, 2.75) is 13.8 Å². The number of aryl methyl sites for hydroxylation is 2. The molecule has 0 saturated heterocycles. The van der Waals surface area contributed by atoms with Gasteiger partial charge >= 0.3 is 0 Å². The summed E-state index contributed by atoms with van der Waals surface area (Å²) in [5.41, 5.74) is 17.7. The summed E-state index contributed by atoms with van der Waals surface area (Å²) in [6.07, 6.45) is 0. The molecule has 0 atom stereocenters. The van der Waals surface area contributed by atoms with Gasteiger partial charge in [-0.3, -0.25) is 0 Å². The highest BCUT2D eigenvalue weighted by atomic mass is 16.3. The van der Waals surface area contributed by atoms with Gasteiger partial charge in [-0.25, -0.2) is 0 Å². The van der Waals surface area contributed by atoms with Gasteiger partial charge in [-0.15, -0.1) is 0 Å². The fourth-order valence-corrected chi connectivity index (χ4v) is 8.49. The van der Waals surface area contributed by atoms with Gasteiger partial charge in [0.25, 0.3) is 0 Å². The van der Waals surface area contributed by atoms with Crippen LogP contribution in [-0.4, -0.2) is 0 Å². The van der Waals surface area contributed by atoms with E-state index in [1.165, 1.54) is 66.1 Å². The van der Waals surface area contributed by atoms with Gasteiger partial charge in [-0.2, -0.15) is 0 Å². The summed E-state index contributed by atoms with van der Waals surface area (Å²) in [5.74, 6) is 0. The van der Waals surface area contributed by atoms with Gasteiger partial charge in [0.1, 0.15) is 11.2 Å². The van der Waals surface area contributed by atoms with Gasteiger partial charge in [0, 0.05) is 27.7 Å². The molecule has 0 aliphatic heterocycles. The number of furan rings is 1. The average molecular weight is 690 g/mol. The molecule has 11 rings (SSSR count). The summed E-state index contributed by atoms with van der Waals surface area (Å²) in [7, 11) is 0. The van der Waals surface area contributed by atoms with E-state index in [9.17, 15) is 0 Å². The second-order valence-electron chi connectivity index (χ2n) is 14.7. The predicted molar refractivity (Wildman–Crippen MR) is 228 cm³/mol. The first kappa shape index (κ1) is 30.7. The molecule has 254 valence electrons. The molecule has 9 aromatic carbocycles. The molecule has 2 nitrogen and oxygen atoms in total. The Hall–Kier alpha value is -6.90. The lowest BCUT2D eigenvalue weighted by molar-refractivity contribution is 0.669.